The zero-order valence-corrected chi connectivity index (χ0v) is 17.0. The highest BCUT2D eigenvalue weighted by molar-refractivity contribution is 5.96. The fourth-order valence-corrected chi connectivity index (χ4v) is 3.24. The molecule has 1 amide bonds. The molecule has 3 rings (SSSR count). The number of benzene rings is 1. The number of carbonyl (C=O) groups is 3. The van der Waals surface area contributed by atoms with Crippen molar-refractivity contribution in [1.82, 2.24) is 9.97 Å². The minimum absolute atomic E-state index is 0.00257. The second-order valence-corrected chi connectivity index (χ2v) is 7.88. The highest BCUT2D eigenvalue weighted by Crippen LogP contribution is 2.40. The number of esters is 1. The normalized spacial score (nSPS) is 15.7. The van der Waals surface area contributed by atoms with Crippen molar-refractivity contribution in [3.63, 3.8) is 0 Å². The zero-order chi connectivity index (χ0) is 21.2. The van der Waals surface area contributed by atoms with Crippen LogP contribution in [0.25, 0.3) is 0 Å². The van der Waals surface area contributed by atoms with E-state index in [1.807, 2.05) is 45.0 Å². The van der Waals surface area contributed by atoms with Gasteiger partial charge in [-0.2, -0.15) is 0 Å². The van der Waals surface area contributed by atoms with Gasteiger partial charge in [-0.15, -0.1) is 0 Å². The second kappa shape index (κ2) is 8.06. The molecule has 1 aliphatic rings. The van der Waals surface area contributed by atoms with Crippen LogP contribution in [0.5, 0.6) is 0 Å². The van der Waals surface area contributed by atoms with E-state index in [-0.39, 0.29) is 18.6 Å². The number of nitrogens with zero attached hydrogens (tertiary/aromatic N) is 2. The third kappa shape index (κ3) is 4.64. The molecule has 0 radical (unpaired) electrons. The monoisotopic (exact) mass is 399 g/mol. The van der Waals surface area contributed by atoms with E-state index in [0.29, 0.717) is 17.9 Å². The molecule has 0 fully saturated rings. The van der Waals surface area contributed by atoms with Crippen LogP contribution in [-0.4, -0.2) is 40.5 Å². The van der Waals surface area contributed by atoms with Gasteiger partial charge >= 0.3 is 12.1 Å². The van der Waals surface area contributed by atoms with Crippen LogP contribution < -0.4 is 4.90 Å². The van der Waals surface area contributed by atoms with Gasteiger partial charge in [0.2, 0.25) is 0 Å². The van der Waals surface area contributed by atoms with E-state index in [9.17, 15) is 14.4 Å². The molecule has 1 aliphatic heterocycles. The summed E-state index contributed by atoms with van der Waals surface area (Å²) in [6.45, 7) is 5.44. The number of nitrogens with one attached hydrogen (secondary N) is 1. The summed E-state index contributed by atoms with van der Waals surface area (Å²) in [6.07, 6.45) is 1.55. The van der Waals surface area contributed by atoms with Gasteiger partial charge in [0.15, 0.2) is 5.78 Å². The molecule has 2 aromatic rings. The molecule has 0 aliphatic carbocycles. The van der Waals surface area contributed by atoms with Gasteiger partial charge in [0.1, 0.15) is 23.2 Å². The van der Waals surface area contributed by atoms with Crippen molar-refractivity contribution in [3.05, 3.63) is 47.5 Å². The van der Waals surface area contributed by atoms with E-state index in [1.165, 1.54) is 13.3 Å². The van der Waals surface area contributed by atoms with Crippen LogP contribution in [0.15, 0.2) is 30.5 Å². The van der Waals surface area contributed by atoms with E-state index < -0.39 is 23.7 Å². The van der Waals surface area contributed by atoms with Crippen LogP contribution in [0.4, 0.5) is 10.5 Å². The van der Waals surface area contributed by atoms with Crippen molar-refractivity contribution in [2.75, 3.05) is 12.0 Å². The maximum absolute atomic E-state index is 12.9. The quantitative estimate of drug-likeness (QED) is 0.609. The number of aromatic amines is 1. The number of fused-ring (bicyclic) bond motifs is 1. The Labute approximate surface area is 169 Å². The van der Waals surface area contributed by atoms with Gasteiger partial charge in [0.25, 0.3) is 0 Å². The van der Waals surface area contributed by atoms with Gasteiger partial charge in [-0.25, -0.2) is 9.78 Å². The molecule has 29 heavy (non-hydrogen) atoms. The number of rotatable bonds is 5. The first-order valence-electron chi connectivity index (χ1n) is 9.44. The first-order valence-corrected chi connectivity index (χ1v) is 9.44. The Morgan fingerprint density at radius 2 is 1.93 bits per heavy atom. The summed E-state index contributed by atoms with van der Waals surface area (Å²) < 4.78 is 10.2. The number of ketones is 1. The third-order valence-electron chi connectivity index (χ3n) is 4.56. The molecule has 1 N–H and O–H groups in total. The van der Waals surface area contributed by atoms with Crippen LogP contribution in [0, 0.1) is 0 Å². The molecule has 0 spiro atoms. The highest BCUT2D eigenvalue weighted by Gasteiger charge is 2.38. The summed E-state index contributed by atoms with van der Waals surface area (Å²) >= 11 is 0. The summed E-state index contributed by atoms with van der Waals surface area (Å²) in [6, 6.07) is 7.19. The third-order valence-corrected chi connectivity index (χ3v) is 4.56. The number of carbonyl (C=O) groups excluding carboxylic acids is 3. The number of imidazole rings is 1. The second-order valence-electron chi connectivity index (χ2n) is 7.88. The molecule has 1 aromatic carbocycles. The summed E-state index contributed by atoms with van der Waals surface area (Å²) in [5.74, 6) is -0.192. The van der Waals surface area contributed by atoms with Gasteiger partial charge in [-0.3, -0.25) is 14.5 Å². The number of methoxy groups -OCH3 is 1. The van der Waals surface area contributed by atoms with Gasteiger partial charge in [0, 0.05) is 12.8 Å². The van der Waals surface area contributed by atoms with Crippen molar-refractivity contribution in [2.24, 2.45) is 0 Å². The number of anilines is 1. The minimum atomic E-state index is -0.642. The predicted molar refractivity (Wildman–Crippen MR) is 106 cm³/mol. The lowest BCUT2D eigenvalue weighted by atomic mass is 10.1. The first kappa shape index (κ1) is 20.6. The number of aromatic nitrogens is 2. The van der Waals surface area contributed by atoms with Crippen molar-refractivity contribution < 1.29 is 23.9 Å². The van der Waals surface area contributed by atoms with Crippen molar-refractivity contribution in [2.45, 2.75) is 51.7 Å². The molecule has 1 atom stereocenters. The average Bonchev–Trinajstić information content (AvgIpc) is 3.28. The van der Waals surface area contributed by atoms with Crippen LogP contribution >= 0.6 is 0 Å². The van der Waals surface area contributed by atoms with Crippen molar-refractivity contribution in [1.29, 1.82) is 0 Å². The molecule has 154 valence electrons. The van der Waals surface area contributed by atoms with E-state index in [4.69, 9.17) is 4.74 Å². The zero-order valence-electron chi connectivity index (χ0n) is 17.0. The van der Waals surface area contributed by atoms with Crippen LogP contribution in [0.1, 0.15) is 61.5 Å². The van der Waals surface area contributed by atoms with Gasteiger partial charge in [-0.05, 0) is 32.4 Å². The Balaban J connectivity index is 1.84. The number of amides is 1. The number of hydrogen-bond donors (Lipinski definition) is 1. The average molecular weight is 399 g/mol. The Morgan fingerprint density at radius 1 is 1.21 bits per heavy atom. The number of ether oxygens (including phenoxy) is 2. The summed E-state index contributed by atoms with van der Waals surface area (Å²) in [5, 5.41) is 0. The maximum atomic E-state index is 12.9. The van der Waals surface area contributed by atoms with Crippen molar-refractivity contribution >= 4 is 23.5 Å². The smallest absolute Gasteiger partial charge is 0.415 e. The fourth-order valence-electron chi connectivity index (χ4n) is 3.24. The van der Waals surface area contributed by atoms with E-state index in [0.717, 1.165) is 11.3 Å². The number of hydrogen-bond acceptors (Lipinski definition) is 6. The van der Waals surface area contributed by atoms with Crippen molar-refractivity contribution in [3.8, 4) is 0 Å². The number of H-pyrrole nitrogens is 1. The Hall–Kier alpha value is -3.16. The standard InChI is InChI=1S/C21H25N3O5/c1-21(2,3)29-20(27)24-15-8-6-5-7-13(15)11-16(24)19-22-12-14(23-19)17(25)9-10-18(26)28-4/h5-8,12,16H,9-11H2,1-4H3,(H,22,23). The highest BCUT2D eigenvalue weighted by atomic mass is 16.6. The lowest BCUT2D eigenvalue weighted by Crippen LogP contribution is -2.38. The lowest BCUT2D eigenvalue weighted by Gasteiger charge is -2.28. The molecule has 1 unspecified atom stereocenters. The summed E-state index contributed by atoms with van der Waals surface area (Å²) in [5.41, 5.74) is 1.42. The summed E-state index contributed by atoms with van der Waals surface area (Å²) in [7, 11) is 1.28. The van der Waals surface area contributed by atoms with E-state index in [1.54, 1.807) is 4.90 Å². The Kier molecular flexibility index (Phi) is 5.72. The molecule has 0 saturated carbocycles. The largest absolute Gasteiger partial charge is 0.469 e. The molecular weight excluding hydrogens is 374 g/mol. The van der Waals surface area contributed by atoms with Gasteiger partial charge in [0.05, 0.1) is 25.4 Å². The maximum Gasteiger partial charge on any atom is 0.415 e. The van der Waals surface area contributed by atoms with Crippen LogP contribution in [0.3, 0.4) is 0 Å². The fraction of sp³-hybridized carbons (Fsp3) is 0.429. The number of Topliss-reactive ketones (excluding diaryl/α,β-unsaturated/α-hetero) is 1. The molecule has 8 heteroatoms. The molecular formula is C21H25N3O5. The van der Waals surface area contributed by atoms with E-state index >= 15 is 0 Å². The summed E-state index contributed by atoms with van der Waals surface area (Å²) in [4.78, 5) is 45.4. The molecule has 0 saturated heterocycles. The molecule has 1 aromatic heterocycles. The van der Waals surface area contributed by atoms with E-state index in [2.05, 4.69) is 14.7 Å². The predicted octanol–water partition coefficient (Wildman–Crippen LogP) is 3.58. The van der Waals surface area contributed by atoms with Gasteiger partial charge in [-0.1, -0.05) is 18.2 Å². The lowest BCUT2D eigenvalue weighted by molar-refractivity contribution is -0.140. The molecule has 0 bridgehead atoms. The Morgan fingerprint density at radius 3 is 2.62 bits per heavy atom. The minimum Gasteiger partial charge on any atom is -0.469 e. The number of para-hydroxylation sites is 1. The molecule has 2 heterocycles. The molecule has 8 nitrogen and oxygen atoms in total. The first-order chi connectivity index (χ1) is 13.7. The Bertz CT molecular complexity index is 928. The van der Waals surface area contributed by atoms with Crippen LogP contribution in [0.2, 0.25) is 0 Å². The topological polar surface area (TPSA) is 102 Å². The van der Waals surface area contributed by atoms with Gasteiger partial charge < -0.3 is 14.5 Å². The SMILES string of the molecule is COC(=O)CCC(=O)c1cnc(C2Cc3ccccc3N2C(=O)OC(C)(C)C)[nH]1. The van der Waals surface area contributed by atoms with Crippen LogP contribution in [-0.2, 0) is 20.7 Å².